The Kier molecular flexibility index (Phi) is 7.69. The van der Waals surface area contributed by atoms with Gasteiger partial charge in [0, 0.05) is 18.5 Å². The first kappa shape index (κ1) is 24.2. The maximum absolute atomic E-state index is 13.4. The summed E-state index contributed by atoms with van der Waals surface area (Å²) in [4.78, 5) is 23.1. The summed E-state index contributed by atoms with van der Waals surface area (Å²) < 4.78 is 105. The van der Waals surface area contributed by atoms with Crippen LogP contribution in [0.2, 0.25) is 0 Å². The number of carbonyl (C=O) groups is 2. The average Bonchev–Trinajstić information content (AvgIpc) is 2.42. The lowest BCUT2D eigenvalue weighted by atomic mass is 10.2. The maximum Gasteiger partial charge on any atom is 0.466 e. The van der Waals surface area contributed by atoms with Gasteiger partial charge in [-0.05, 0) is 13.8 Å². The number of esters is 1. The van der Waals surface area contributed by atoms with Crippen molar-refractivity contribution < 1.29 is 54.0 Å². The van der Waals surface area contributed by atoms with E-state index in [1.165, 1.54) is 13.8 Å². The van der Waals surface area contributed by atoms with Crippen LogP contribution >= 0.6 is 0 Å². The Labute approximate surface area is 145 Å². The molecule has 0 aliphatic rings. The van der Waals surface area contributed by atoms with Crippen LogP contribution in [-0.4, -0.2) is 54.7 Å². The Balaban J connectivity index is 5.78. The summed E-state index contributed by atoms with van der Waals surface area (Å²) in [6.45, 7) is 3.55. The molecule has 0 aromatic rings. The first-order valence-corrected chi connectivity index (χ1v) is 8.11. The van der Waals surface area contributed by atoms with E-state index >= 15 is 0 Å². The van der Waals surface area contributed by atoms with E-state index in [9.17, 15) is 44.5 Å². The Morgan fingerprint density at radius 1 is 1.23 bits per heavy atom. The van der Waals surface area contributed by atoms with Gasteiger partial charge < -0.3 is 19.3 Å². The molecular formula is C12H15F5NO7S-. The van der Waals surface area contributed by atoms with Crippen molar-refractivity contribution in [3.05, 3.63) is 12.7 Å². The van der Waals surface area contributed by atoms with E-state index in [2.05, 4.69) is 16.1 Å². The number of carbonyl (C=O) groups excluding carboxylic acids is 2. The minimum absolute atomic E-state index is 0.253. The highest BCUT2D eigenvalue weighted by Gasteiger charge is 2.66. The van der Waals surface area contributed by atoms with Gasteiger partial charge in [-0.15, -0.1) is 0 Å². The molecule has 1 atom stereocenters. The average molecular weight is 412 g/mol. The Bertz CT molecular complexity index is 647. The fraction of sp³-hybridized carbons (Fsp3) is 0.667. The molecule has 0 aliphatic carbocycles. The fourth-order valence-electron chi connectivity index (χ4n) is 1.39. The molecule has 8 nitrogen and oxygen atoms in total. The van der Waals surface area contributed by atoms with E-state index in [1.807, 2.05) is 0 Å². The van der Waals surface area contributed by atoms with E-state index in [4.69, 9.17) is 0 Å². The van der Waals surface area contributed by atoms with Gasteiger partial charge in [0.05, 0.1) is 6.61 Å². The Morgan fingerprint density at radius 3 is 2.08 bits per heavy atom. The van der Waals surface area contributed by atoms with Crippen LogP contribution in [0.1, 0.15) is 20.3 Å². The molecule has 0 radical (unpaired) electrons. The molecule has 0 saturated heterocycles. The monoisotopic (exact) mass is 412 g/mol. The Hall–Kier alpha value is -1.80. The molecule has 0 rings (SSSR count). The van der Waals surface area contributed by atoms with Crippen LogP contribution in [0.4, 0.5) is 22.0 Å². The molecule has 1 N–H and O–H groups in total. The minimum Gasteiger partial charge on any atom is -0.743 e. The van der Waals surface area contributed by atoms with Crippen molar-refractivity contribution in [1.29, 1.82) is 0 Å². The SMILES string of the molecule is C=CC(=O)OC(OCCC(F)(F)S(=O)(=O)[O-])(C(=O)NC(C)C)C(F)(F)F. The van der Waals surface area contributed by atoms with E-state index in [1.54, 1.807) is 5.32 Å². The van der Waals surface area contributed by atoms with Crippen molar-refractivity contribution >= 4 is 22.0 Å². The van der Waals surface area contributed by atoms with Gasteiger partial charge in [-0.1, -0.05) is 6.58 Å². The lowest BCUT2D eigenvalue weighted by molar-refractivity contribution is -0.348. The van der Waals surface area contributed by atoms with Crippen molar-refractivity contribution in [1.82, 2.24) is 5.32 Å². The number of nitrogens with one attached hydrogen (secondary N) is 1. The Morgan fingerprint density at radius 2 is 1.73 bits per heavy atom. The molecule has 0 aromatic heterocycles. The summed E-state index contributed by atoms with van der Waals surface area (Å²) in [5.74, 6) is -8.18. The van der Waals surface area contributed by atoms with Gasteiger partial charge in [0.1, 0.15) is 0 Å². The van der Waals surface area contributed by atoms with Crippen molar-refractivity contribution in [3.8, 4) is 0 Å². The van der Waals surface area contributed by atoms with E-state index in [0.717, 1.165) is 0 Å². The highest BCUT2D eigenvalue weighted by Crippen LogP contribution is 2.37. The molecule has 26 heavy (non-hydrogen) atoms. The second kappa shape index (κ2) is 8.26. The minimum atomic E-state index is -6.19. The summed E-state index contributed by atoms with van der Waals surface area (Å²) in [7, 11) is -6.19. The number of hydrogen-bond acceptors (Lipinski definition) is 7. The third-order valence-electron chi connectivity index (χ3n) is 2.57. The molecule has 1 unspecified atom stereocenters. The van der Waals surface area contributed by atoms with Crippen LogP contribution < -0.4 is 5.32 Å². The van der Waals surface area contributed by atoms with Gasteiger partial charge in [-0.25, -0.2) is 13.2 Å². The molecule has 14 heteroatoms. The standard InChI is InChI=1S/C12H16F5NO7S/c1-4-8(19)25-11(12(15,16)17,9(20)18-7(2)3)24-6-5-10(13,14)26(21,22)23/h4,7H,1,5-6H2,2-3H3,(H,18,20)(H,21,22,23)/p-1. The van der Waals surface area contributed by atoms with Crippen LogP contribution in [0.25, 0.3) is 0 Å². The lowest BCUT2D eigenvalue weighted by Gasteiger charge is -2.33. The number of ether oxygens (including phenoxy) is 2. The number of hydrogen-bond donors (Lipinski definition) is 1. The maximum atomic E-state index is 13.4. The molecule has 0 fully saturated rings. The number of rotatable bonds is 9. The number of alkyl halides is 5. The summed E-state index contributed by atoms with van der Waals surface area (Å²) in [6, 6.07) is -0.904. The number of halogens is 5. The first-order valence-electron chi connectivity index (χ1n) is 6.70. The summed E-state index contributed by atoms with van der Waals surface area (Å²) in [5.41, 5.74) is 0. The second-order valence-corrected chi connectivity index (χ2v) is 6.56. The van der Waals surface area contributed by atoms with Gasteiger partial charge in [-0.3, -0.25) is 4.79 Å². The van der Waals surface area contributed by atoms with Gasteiger partial charge in [0.15, 0.2) is 10.1 Å². The molecule has 0 saturated carbocycles. The molecule has 1 amide bonds. The van der Waals surface area contributed by atoms with E-state index in [0.29, 0.717) is 0 Å². The molecule has 0 bridgehead atoms. The first-order chi connectivity index (χ1) is 11.5. The van der Waals surface area contributed by atoms with Gasteiger partial charge in [0.2, 0.25) is 0 Å². The van der Waals surface area contributed by atoms with Crippen molar-refractivity contribution in [2.45, 2.75) is 43.5 Å². The molecule has 0 aliphatic heterocycles. The topological polar surface area (TPSA) is 122 Å². The quantitative estimate of drug-likeness (QED) is 0.197. The zero-order valence-corrected chi connectivity index (χ0v) is 14.2. The number of amides is 1. The summed E-state index contributed by atoms with van der Waals surface area (Å²) in [6.07, 6.45) is -7.50. The fourth-order valence-corrected chi connectivity index (χ4v) is 1.72. The normalized spacial score (nSPS) is 15.3. The van der Waals surface area contributed by atoms with Crippen molar-refractivity contribution in [2.75, 3.05) is 6.61 Å². The molecule has 0 spiro atoms. The van der Waals surface area contributed by atoms with Gasteiger partial charge in [0.25, 0.3) is 0 Å². The molecular weight excluding hydrogens is 397 g/mol. The molecule has 0 aromatic carbocycles. The smallest absolute Gasteiger partial charge is 0.466 e. The highest BCUT2D eigenvalue weighted by atomic mass is 32.2. The molecule has 152 valence electrons. The lowest BCUT2D eigenvalue weighted by Crippen LogP contribution is -2.62. The van der Waals surface area contributed by atoms with Crippen molar-refractivity contribution in [3.63, 3.8) is 0 Å². The second-order valence-electron chi connectivity index (χ2n) is 5.06. The van der Waals surface area contributed by atoms with E-state index < -0.39 is 58.3 Å². The van der Waals surface area contributed by atoms with Crippen LogP contribution in [0.15, 0.2) is 12.7 Å². The zero-order chi connectivity index (χ0) is 21.0. The van der Waals surface area contributed by atoms with Gasteiger partial charge in [-0.2, -0.15) is 22.0 Å². The van der Waals surface area contributed by atoms with Crippen LogP contribution in [0.5, 0.6) is 0 Å². The molecule has 0 heterocycles. The summed E-state index contributed by atoms with van der Waals surface area (Å²) in [5, 5.41) is -3.24. The largest absolute Gasteiger partial charge is 0.743 e. The predicted molar refractivity (Wildman–Crippen MR) is 73.6 cm³/mol. The van der Waals surface area contributed by atoms with E-state index in [-0.39, 0.29) is 6.08 Å². The summed E-state index contributed by atoms with van der Waals surface area (Å²) >= 11 is 0. The van der Waals surface area contributed by atoms with Crippen molar-refractivity contribution in [2.24, 2.45) is 0 Å². The highest BCUT2D eigenvalue weighted by molar-refractivity contribution is 7.86. The van der Waals surface area contributed by atoms with Gasteiger partial charge >= 0.3 is 29.1 Å². The zero-order valence-electron chi connectivity index (χ0n) is 13.4. The van der Waals surface area contributed by atoms with Crippen LogP contribution in [0, 0.1) is 0 Å². The van der Waals surface area contributed by atoms with Crippen LogP contribution in [0.3, 0.4) is 0 Å². The van der Waals surface area contributed by atoms with Crippen LogP contribution in [-0.2, 0) is 29.2 Å². The third-order valence-corrected chi connectivity index (χ3v) is 3.50. The predicted octanol–water partition coefficient (Wildman–Crippen LogP) is 1.04. The third kappa shape index (κ3) is 5.88.